The number of nitrogens with zero attached hydrogens (tertiary/aromatic N) is 7. The van der Waals surface area contributed by atoms with Gasteiger partial charge in [-0.25, -0.2) is 0 Å². The van der Waals surface area contributed by atoms with Crippen molar-refractivity contribution in [1.29, 1.82) is 5.26 Å². The molecule has 2 aromatic carbocycles. The Labute approximate surface area is 202 Å². The molecule has 0 spiro atoms. The van der Waals surface area contributed by atoms with E-state index in [-0.39, 0.29) is 6.61 Å². The highest BCUT2D eigenvalue weighted by Gasteiger charge is 2.23. The lowest BCUT2D eigenvalue weighted by Crippen LogP contribution is -2.38. The summed E-state index contributed by atoms with van der Waals surface area (Å²) in [6.45, 7) is 4.60. The summed E-state index contributed by atoms with van der Waals surface area (Å²) in [5.41, 5.74) is 2.12. The van der Waals surface area contributed by atoms with E-state index in [1.807, 2.05) is 59.2 Å². The van der Waals surface area contributed by atoms with Crippen LogP contribution in [0.25, 0.3) is 17.3 Å². The number of aromatic nitrogens is 5. The molecule has 0 atom stereocenters. The van der Waals surface area contributed by atoms with Crippen molar-refractivity contribution in [2.45, 2.75) is 13.5 Å². The number of hydrogen-bond donors (Lipinski definition) is 0. The Kier molecular flexibility index (Phi) is 6.50. The summed E-state index contributed by atoms with van der Waals surface area (Å²) in [6, 6.07) is 19.5. The lowest BCUT2D eigenvalue weighted by atomic mass is 10.1. The Bertz CT molecular complexity index is 1350. The molecule has 1 fully saturated rings. The fourth-order valence-corrected chi connectivity index (χ4v) is 3.75. The van der Waals surface area contributed by atoms with Crippen LogP contribution in [0.15, 0.2) is 59.1 Å². The number of allylic oxidation sites excluding steroid dienone is 1. The Hall–Kier alpha value is -4.49. The van der Waals surface area contributed by atoms with Crippen LogP contribution in [0.2, 0.25) is 0 Å². The highest BCUT2D eigenvalue weighted by molar-refractivity contribution is 5.88. The largest absolute Gasteiger partial charge is 0.485 e. The number of ether oxygens (including phenoxy) is 2. The van der Waals surface area contributed by atoms with Crippen molar-refractivity contribution >= 4 is 17.6 Å². The van der Waals surface area contributed by atoms with Crippen molar-refractivity contribution in [3.05, 3.63) is 77.7 Å². The SMILES string of the molecule is Cc1nc(COc2ccc(/C=C(\C#N)c3nnc(N4CCOCC4)n3-c3ccccc3)cc2)no1. The number of benzene rings is 2. The molecule has 10 heteroatoms. The molecule has 0 amide bonds. The first-order chi connectivity index (χ1) is 17.2. The first-order valence-electron chi connectivity index (χ1n) is 11.2. The van der Waals surface area contributed by atoms with Gasteiger partial charge in [0.2, 0.25) is 17.7 Å². The van der Waals surface area contributed by atoms with E-state index in [1.54, 1.807) is 13.0 Å². The molecule has 4 aromatic rings. The highest BCUT2D eigenvalue weighted by Crippen LogP contribution is 2.27. The summed E-state index contributed by atoms with van der Waals surface area (Å²) in [7, 11) is 0. The summed E-state index contributed by atoms with van der Waals surface area (Å²) in [4.78, 5) is 6.25. The van der Waals surface area contributed by atoms with E-state index in [2.05, 4.69) is 31.3 Å². The molecule has 1 saturated heterocycles. The Balaban J connectivity index is 1.42. The lowest BCUT2D eigenvalue weighted by Gasteiger charge is -2.28. The number of rotatable bonds is 7. The Morgan fingerprint density at radius 3 is 2.54 bits per heavy atom. The number of anilines is 1. The van der Waals surface area contributed by atoms with Gasteiger partial charge in [-0.05, 0) is 35.9 Å². The summed E-state index contributed by atoms with van der Waals surface area (Å²) in [5, 5.41) is 22.7. The second-order valence-corrected chi connectivity index (χ2v) is 7.85. The third-order valence-electron chi connectivity index (χ3n) is 5.44. The minimum Gasteiger partial charge on any atom is -0.485 e. The predicted molar refractivity (Wildman–Crippen MR) is 128 cm³/mol. The molecule has 35 heavy (non-hydrogen) atoms. The van der Waals surface area contributed by atoms with Gasteiger partial charge in [-0.3, -0.25) is 4.57 Å². The maximum absolute atomic E-state index is 10.0. The van der Waals surface area contributed by atoms with Gasteiger partial charge in [0, 0.05) is 20.0 Å². The fourth-order valence-electron chi connectivity index (χ4n) is 3.75. The predicted octanol–water partition coefficient (Wildman–Crippen LogP) is 3.44. The maximum Gasteiger partial charge on any atom is 0.232 e. The zero-order valence-corrected chi connectivity index (χ0v) is 19.2. The van der Waals surface area contributed by atoms with E-state index >= 15 is 0 Å². The van der Waals surface area contributed by atoms with Crippen LogP contribution >= 0.6 is 0 Å². The normalized spacial score (nSPS) is 14.1. The summed E-state index contributed by atoms with van der Waals surface area (Å²) in [6.07, 6.45) is 1.79. The molecule has 0 unspecified atom stereocenters. The van der Waals surface area contributed by atoms with Crippen molar-refractivity contribution in [3.8, 4) is 17.5 Å². The fraction of sp³-hybridized carbons (Fsp3) is 0.240. The van der Waals surface area contributed by atoms with Crippen molar-refractivity contribution in [3.63, 3.8) is 0 Å². The molecule has 176 valence electrons. The van der Waals surface area contributed by atoms with Crippen LogP contribution < -0.4 is 9.64 Å². The van der Waals surface area contributed by atoms with Crippen molar-refractivity contribution in [2.24, 2.45) is 0 Å². The van der Waals surface area contributed by atoms with Crippen LogP contribution in [0.3, 0.4) is 0 Å². The van der Waals surface area contributed by atoms with Gasteiger partial charge >= 0.3 is 0 Å². The number of aryl methyl sites for hydroxylation is 1. The van der Waals surface area contributed by atoms with Crippen LogP contribution in [-0.2, 0) is 11.3 Å². The second kappa shape index (κ2) is 10.2. The van der Waals surface area contributed by atoms with Gasteiger partial charge in [0.1, 0.15) is 11.8 Å². The monoisotopic (exact) mass is 469 g/mol. The van der Waals surface area contributed by atoms with Crippen LogP contribution in [0.5, 0.6) is 5.75 Å². The van der Waals surface area contributed by atoms with Gasteiger partial charge in [0.05, 0.1) is 24.5 Å². The highest BCUT2D eigenvalue weighted by atomic mass is 16.5. The molecule has 1 aliphatic rings. The molecule has 10 nitrogen and oxygen atoms in total. The first-order valence-corrected chi connectivity index (χ1v) is 11.2. The van der Waals surface area contributed by atoms with Crippen LogP contribution in [0.1, 0.15) is 23.1 Å². The molecule has 1 aliphatic heterocycles. The molecule has 0 aliphatic carbocycles. The Morgan fingerprint density at radius 2 is 1.86 bits per heavy atom. The minimum atomic E-state index is 0.209. The van der Waals surface area contributed by atoms with E-state index in [1.165, 1.54) is 0 Å². The van der Waals surface area contributed by atoms with Crippen LogP contribution in [0, 0.1) is 18.3 Å². The topological polar surface area (TPSA) is 115 Å². The lowest BCUT2D eigenvalue weighted by molar-refractivity contribution is 0.122. The molecule has 0 bridgehead atoms. The van der Waals surface area contributed by atoms with E-state index < -0.39 is 0 Å². The number of nitriles is 1. The molecule has 2 aromatic heterocycles. The smallest absolute Gasteiger partial charge is 0.232 e. The summed E-state index contributed by atoms with van der Waals surface area (Å²) >= 11 is 0. The first kappa shape index (κ1) is 22.3. The molecule has 0 radical (unpaired) electrons. The standard InChI is InChI=1S/C25H23N7O3/c1-18-27-23(30-35-18)17-34-22-9-7-19(8-10-22)15-20(16-26)24-28-29-25(31-11-13-33-14-12-31)32(24)21-5-3-2-4-6-21/h2-10,15H,11-14,17H2,1H3/b20-15+. The quantitative estimate of drug-likeness (QED) is 0.375. The number of morpholine rings is 1. The molecule has 0 N–H and O–H groups in total. The van der Waals surface area contributed by atoms with Gasteiger partial charge in [-0.1, -0.05) is 35.5 Å². The maximum atomic E-state index is 10.0. The van der Waals surface area contributed by atoms with E-state index in [0.29, 0.717) is 61.1 Å². The number of hydrogen-bond acceptors (Lipinski definition) is 9. The average molecular weight is 470 g/mol. The molecular weight excluding hydrogens is 446 g/mol. The third-order valence-corrected chi connectivity index (χ3v) is 5.44. The van der Waals surface area contributed by atoms with E-state index in [4.69, 9.17) is 14.0 Å². The third kappa shape index (κ3) is 5.05. The molecular formula is C25H23N7O3. The van der Waals surface area contributed by atoms with Gasteiger partial charge in [0.25, 0.3) is 0 Å². The second-order valence-electron chi connectivity index (χ2n) is 7.85. The minimum absolute atomic E-state index is 0.209. The van der Waals surface area contributed by atoms with Crippen LogP contribution in [-0.4, -0.2) is 51.2 Å². The number of para-hydroxylation sites is 1. The van der Waals surface area contributed by atoms with E-state index in [9.17, 15) is 5.26 Å². The van der Waals surface area contributed by atoms with Crippen molar-refractivity contribution < 1.29 is 14.0 Å². The van der Waals surface area contributed by atoms with Crippen molar-refractivity contribution in [1.82, 2.24) is 24.9 Å². The Morgan fingerprint density at radius 1 is 1.09 bits per heavy atom. The average Bonchev–Trinajstić information content (AvgIpc) is 3.54. The van der Waals surface area contributed by atoms with Gasteiger partial charge in [-0.15, -0.1) is 10.2 Å². The van der Waals surface area contributed by atoms with E-state index in [0.717, 1.165) is 11.3 Å². The summed E-state index contributed by atoms with van der Waals surface area (Å²) in [5.74, 6) is 2.80. The zero-order chi connectivity index (χ0) is 24.0. The van der Waals surface area contributed by atoms with Crippen LogP contribution in [0.4, 0.5) is 5.95 Å². The molecule has 5 rings (SSSR count). The van der Waals surface area contributed by atoms with Crippen molar-refractivity contribution in [2.75, 3.05) is 31.2 Å². The van der Waals surface area contributed by atoms with Gasteiger partial charge in [-0.2, -0.15) is 10.2 Å². The van der Waals surface area contributed by atoms with Gasteiger partial charge in [0.15, 0.2) is 12.4 Å². The molecule has 3 heterocycles. The van der Waals surface area contributed by atoms with Gasteiger partial charge < -0.3 is 18.9 Å². The zero-order valence-electron chi connectivity index (χ0n) is 19.2. The summed E-state index contributed by atoms with van der Waals surface area (Å²) < 4.78 is 18.1. The molecule has 0 saturated carbocycles.